The fraction of sp³-hybridized carbons (Fsp3) is 0.579. The van der Waals surface area contributed by atoms with Crippen molar-refractivity contribution in [1.82, 2.24) is 9.21 Å². The molecule has 0 saturated carbocycles. The van der Waals surface area contributed by atoms with Crippen molar-refractivity contribution in [3.63, 3.8) is 0 Å². The Kier molecular flexibility index (Phi) is 6.79. The van der Waals surface area contributed by atoms with Gasteiger partial charge in [0.1, 0.15) is 0 Å². The van der Waals surface area contributed by atoms with Gasteiger partial charge in [-0.1, -0.05) is 26.0 Å². The normalized spacial score (nSPS) is 16.4. The van der Waals surface area contributed by atoms with Crippen LogP contribution in [0.5, 0.6) is 0 Å². The average molecular weight is 378 g/mol. The fourth-order valence-corrected chi connectivity index (χ4v) is 4.63. The summed E-state index contributed by atoms with van der Waals surface area (Å²) in [5, 5.41) is 8.63. The minimum Gasteiger partial charge on any atom is -0.344 e. The lowest BCUT2D eigenvalue weighted by Crippen LogP contribution is -2.43. The van der Waals surface area contributed by atoms with Crippen LogP contribution < -0.4 is 0 Å². The molecule has 0 N–H and O–H groups in total. The molecular weight excluding hydrogens is 350 g/mol. The van der Waals surface area contributed by atoms with Crippen molar-refractivity contribution in [3.05, 3.63) is 29.8 Å². The Labute approximate surface area is 156 Å². The molecule has 6 nitrogen and oxygen atoms in total. The van der Waals surface area contributed by atoms with Gasteiger partial charge in [-0.15, -0.1) is 0 Å². The highest BCUT2D eigenvalue weighted by atomic mass is 32.2. The molecule has 1 aliphatic rings. The van der Waals surface area contributed by atoms with Crippen LogP contribution in [-0.4, -0.2) is 50.2 Å². The fourth-order valence-electron chi connectivity index (χ4n) is 3.16. The maximum absolute atomic E-state index is 12.8. The minimum absolute atomic E-state index is 0.00131. The summed E-state index contributed by atoms with van der Waals surface area (Å²) in [4.78, 5) is 14.3. The van der Waals surface area contributed by atoms with Crippen molar-refractivity contribution < 1.29 is 13.2 Å². The summed E-state index contributed by atoms with van der Waals surface area (Å²) in [5.41, 5.74) is 1.11. The van der Waals surface area contributed by atoms with Crippen molar-refractivity contribution in [1.29, 1.82) is 5.26 Å². The molecule has 26 heavy (non-hydrogen) atoms. The summed E-state index contributed by atoms with van der Waals surface area (Å²) in [7, 11) is -1.83. The highest BCUT2D eigenvalue weighted by Gasteiger charge is 2.33. The highest BCUT2D eigenvalue weighted by Crippen LogP contribution is 2.26. The van der Waals surface area contributed by atoms with E-state index in [2.05, 4.69) is 13.8 Å². The third kappa shape index (κ3) is 4.63. The van der Waals surface area contributed by atoms with Crippen LogP contribution in [0.25, 0.3) is 0 Å². The van der Waals surface area contributed by atoms with Gasteiger partial charge < -0.3 is 4.90 Å². The molecule has 2 rings (SSSR count). The monoisotopic (exact) mass is 377 g/mol. The van der Waals surface area contributed by atoms with E-state index in [0.29, 0.717) is 49.7 Å². The average Bonchev–Trinajstić information content (AvgIpc) is 2.65. The molecule has 0 unspecified atom stereocenters. The maximum atomic E-state index is 12.8. The molecule has 1 amide bonds. The van der Waals surface area contributed by atoms with E-state index in [9.17, 15) is 13.2 Å². The molecule has 0 aromatic heterocycles. The SMILES string of the molecule is CC(C)c1ccc(S(=O)(=O)N2CCC(C(=O)N(C)CCC#N)CC2)cc1. The number of hydrogen-bond donors (Lipinski definition) is 0. The number of hydrogen-bond acceptors (Lipinski definition) is 4. The second-order valence-electron chi connectivity index (χ2n) is 7.07. The molecular formula is C19H27N3O3S. The van der Waals surface area contributed by atoms with Gasteiger partial charge in [-0.2, -0.15) is 9.57 Å². The summed E-state index contributed by atoms with van der Waals surface area (Å²) in [6, 6.07) is 9.08. The Hall–Kier alpha value is -1.91. The topological polar surface area (TPSA) is 81.5 Å². The van der Waals surface area contributed by atoms with Crippen LogP contribution in [0.2, 0.25) is 0 Å². The lowest BCUT2D eigenvalue weighted by Gasteiger charge is -2.32. The van der Waals surface area contributed by atoms with E-state index in [1.165, 1.54) is 4.31 Å². The predicted molar refractivity (Wildman–Crippen MR) is 99.9 cm³/mol. The molecule has 0 radical (unpaired) electrons. The van der Waals surface area contributed by atoms with Gasteiger partial charge in [0.25, 0.3) is 0 Å². The number of amides is 1. The quantitative estimate of drug-likeness (QED) is 0.763. The van der Waals surface area contributed by atoms with E-state index in [1.807, 2.05) is 18.2 Å². The van der Waals surface area contributed by atoms with Crippen LogP contribution in [-0.2, 0) is 14.8 Å². The zero-order chi connectivity index (χ0) is 19.3. The van der Waals surface area contributed by atoms with Crippen LogP contribution in [0.1, 0.15) is 44.6 Å². The van der Waals surface area contributed by atoms with Crippen molar-refractivity contribution in [3.8, 4) is 6.07 Å². The summed E-state index contributed by atoms with van der Waals surface area (Å²) >= 11 is 0. The molecule has 1 fully saturated rings. The van der Waals surface area contributed by atoms with Crippen molar-refractivity contribution >= 4 is 15.9 Å². The first kappa shape index (κ1) is 20.4. The Balaban J connectivity index is 2.00. The first-order valence-corrected chi connectivity index (χ1v) is 10.4. The minimum atomic E-state index is -3.52. The molecule has 1 heterocycles. The van der Waals surface area contributed by atoms with Gasteiger partial charge in [0.15, 0.2) is 0 Å². The van der Waals surface area contributed by atoms with Crippen LogP contribution in [0.4, 0.5) is 0 Å². The number of nitriles is 1. The van der Waals surface area contributed by atoms with E-state index in [4.69, 9.17) is 5.26 Å². The van der Waals surface area contributed by atoms with Crippen LogP contribution >= 0.6 is 0 Å². The number of carbonyl (C=O) groups is 1. The summed E-state index contributed by atoms with van der Waals surface area (Å²) in [6.07, 6.45) is 1.33. The van der Waals surface area contributed by atoms with Gasteiger partial charge in [0.2, 0.25) is 15.9 Å². The highest BCUT2D eigenvalue weighted by molar-refractivity contribution is 7.89. The smallest absolute Gasteiger partial charge is 0.243 e. The third-order valence-electron chi connectivity index (χ3n) is 4.92. The van der Waals surface area contributed by atoms with E-state index in [1.54, 1.807) is 24.1 Å². The van der Waals surface area contributed by atoms with Gasteiger partial charge in [0, 0.05) is 32.6 Å². The van der Waals surface area contributed by atoms with Gasteiger partial charge in [-0.3, -0.25) is 4.79 Å². The second-order valence-corrected chi connectivity index (χ2v) is 9.01. The van der Waals surface area contributed by atoms with Crippen LogP contribution in [0.15, 0.2) is 29.2 Å². The molecule has 0 aliphatic carbocycles. The lowest BCUT2D eigenvalue weighted by atomic mass is 9.96. The first-order chi connectivity index (χ1) is 12.3. The Morgan fingerprint density at radius 3 is 2.35 bits per heavy atom. The Bertz CT molecular complexity index is 758. The van der Waals surface area contributed by atoms with E-state index in [0.717, 1.165) is 5.56 Å². The largest absolute Gasteiger partial charge is 0.344 e. The second kappa shape index (κ2) is 8.65. The third-order valence-corrected chi connectivity index (χ3v) is 6.84. The number of rotatable bonds is 6. The molecule has 1 saturated heterocycles. The zero-order valence-corrected chi connectivity index (χ0v) is 16.5. The number of piperidine rings is 1. The van der Waals surface area contributed by atoms with Gasteiger partial charge in [-0.25, -0.2) is 8.42 Å². The van der Waals surface area contributed by atoms with Gasteiger partial charge in [-0.05, 0) is 36.5 Å². The van der Waals surface area contributed by atoms with Crippen molar-refractivity contribution in [2.24, 2.45) is 5.92 Å². The molecule has 1 aromatic rings. The van der Waals surface area contributed by atoms with E-state index < -0.39 is 10.0 Å². The molecule has 0 spiro atoms. The summed E-state index contributed by atoms with van der Waals surface area (Å²) in [6.45, 7) is 5.24. The number of sulfonamides is 1. The standard InChI is InChI=1S/C19H27N3O3S/c1-15(2)16-5-7-18(8-6-16)26(24,25)22-13-9-17(10-14-22)19(23)21(3)12-4-11-20/h5-8,15,17H,4,9-10,12-14H2,1-3H3. The molecule has 142 valence electrons. The predicted octanol–water partition coefficient (Wildman–Crippen LogP) is 2.58. The lowest BCUT2D eigenvalue weighted by molar-refractivity contribution is -0.135. The number of carbonyl (C=O) groups excluding carboxylic acids is 1. The van der Waals surface area contributed by atoms with Crippen LogP contribution in [0, 0.1) is 17.2 Å². The van der Waals surface area contributed by atoms with Crippen molar-refractivity contribution in [2.75, 3.05) is 26.7 Å². The molecule has 0 bridgehead atoms. The summed E-state index contributed by atoms with van der Waals surface area (Å²) < 4.78 is 27.1. The van der Waals surface area contributed by atoms with E-state index in [-0.39, 0.29) is 11.8 Å². The first-order valence-electron chi connectivity index (χ1n) is 8.99. The molecule has 7 heteroatoms. The Morgan fingerprint density at radius 2 is 1.85 bits per heavy atom. The van der Waals surface area contributed by atoms with Gasteiger partial charge >= 0.3 is 0 Å². The summed E-state index contributed by atoms with van der Waals surface area (Å²) in [5.74, 6) is 0.179. The molecule has 1 aromatic carbocycles. The number of nitrogens with zero attached hydrogens (tertiary/aromatic N) is 3. The maximum Gasteiger partial charge on any atom is 0.243 e. The molecule has 0 atom stereocenters. The van der Waals surface area contributed by atoms with E-state index >= 15 is 0 Å². The molecule has 1 aliphatic heterocycles. The zero-order valence-electron chi connectivity index (χ0n) is 15.7. The van der Waals surface area contributed by atoms with Crippen molar-refractivity contribution in [2.45, 2.75) is 43.9 Å². The Morgan fingerprint density at radius 1 is 1.27 bits per heavy atom. The van der Waals surface area contributed by atoms with Crippen LogP contribution in [0.3, 0.4) is 0 Å². The van der Waals surface area contributed by atoms with Gasteiger partial charge in [0.05, 0.1) is 17.4 Å². The number of benzene rings is 1.